The topological polar surface area (TPSA) is 42.2 Å². The molecule has 0 aromatic heterocycles. The van der Waals surface area contributed by atoms with Crippen LogP contribution < -0.4 is 4.74 Å². The lowest BCUT2D eigenvalue weighted by molar-refractivity contribution is 0.167. The van der Waals surface area contributed by atoms with Gasteiger partial charge in [-0.1, -0.05) is 0 Å². The molecule has 1 aromatic rings. The van der Waals surface area contributed by atoms with E-state index in [0.29, 0.717) is 18.1 Å². The van der Waals surface area contributed by atoms with Crippen LogP contribution in [0.4, 0.5) is 0 Å². The van der Waals surface area contributed by atoms with E-state index in [0.717, 1.165) is 25.4 Å². The van der Waals surface area contributed by atoms with Crippen LogP contribution in [-0.2, 0) is 4.74 Å². The monoisotopic (exact) mass is 203 g/mol. The normalized spacial score (nSPS) is 19.8. The Balaban J connectivity index is 1.85. The maximum Gasteiger partial charge on any atom is 0.119 e. The molecule has 1 fully saturated rings. The van der Waals surface area contributed by atoms with Crippen molar-refractivity contribution in [3.05, 3.63) is 29.8 Å². The Morgan fingerprint density at radius 1 is 1.40 bits per heavy atom. The molecule has 1 aliphatic rings. The van der Waals surface area contributed by atoms with Gasteiger partial charge in [0.15, 0.2) is 0 Å². The van der Waals surface area contributed by atoms with E-state index >= 15 is 0 Å². The molecule has 0 amide bonds. The summed E-state index contributed by atoms with van der Waals surface area (Å²) < 4.78 is 10.9. The molecule has 0 saturated carbocycles. The number of benzene rings is 1. The zero-order chi connectivity index (χ0) is 10.5. The lowest BCUT2D eigenvalue weighted by Gasteiger charge is -2.09. The second-order valence-corrected chi connectivity index (χ2v) is 3.68. The predicted molar refractivity (Wildman–Crippen MR) is 55.6 cm³/mol. The average molecular weight is 203 g/mol. The van der Waals surface area contributed by atoms with Crippen LogP contribution in [-0.4, -0.2) is 19.8 Å². The quantitative estimate of drug-likeness (QED) is 0.754. The zero-order valence-electron chi connectivity index (χ0n) is 8.48. The molecular formula is C12H13NO2. The van der Waals surface area contributed by atoms with Gasteiger partial charge >= 0.3 is 0 Å². The highest BCUT2D eigenvalue weighted by Gasteiger charge is 2.15. The van der Waals surface area contributed by atoms with Crippen molar-refractivity contribution >= 4 is 0 Å². The summed E-state index contributed by atoms with van der Waals surface area (Å²) in [6.45, 7) is 2.35. The largest absolute Gasteiger partial charge is 0.493 e. The van der Waals surface area contributed by atoms with Gasteiger partial charge in [0.2, 0.25) is 0 Å². The van der Waals surface area contributed by atoms with E-state index in [-0.39, 0.29) is 0 Å². The standard InChI is InChI=1S/C12H13NO2/c13-7-10-1-3-12(4-2-10)15-9-11-5-6-14-8-11/h1-4,11H,5-6,8-9H2. The summed E-state index contributed by atoms with van der Waals surface area (Å²) in [5.41, 5.74) is 0.659. The minimum atomic E-state index is 0.514. The summed E-state index contributed by atoms with van der Waals surface area (Å²) in [5, 5.41) is 8.62. The molecule has 1 aromatic carbocycles. The molecule has 1 unspecified atom stereocenters. The summed E-state index contributed by atoms with van der Waals surface area (Å²) in [7, 11) is 0. The van der Waals surface area contributed by atoms with Gasteiger partial charge in [-0.2, -0.15) is 5.26 Å². The predicted octanol–water partition coefficient (Wildman–Crippen LogP) is 1.97. The summed E-state index contributed by atoms with van der Waals surface area (Å²) in [5.74, 6) is 1.33. The molecule has 78 valence electrons. The van der Waals surface area contributed by atoms with Crippen LogP contribution >= 0.6 is 0 Å². The molecule has 0 bridgehead atoms. The molecule has 2 rings (SSSR count). The van der Waals surface area contributed by atoms with Gasteiger partial charge in [-0.3, -0.25) is 0 Å². The fraction of sp³-hybridized carbons (Fsp3) is 0.417. The third-order valence-electron chi connectivity index (χ3n) is 2.49. The Hall–Kier alpha value is -1.53. The van der Waals surface area contributed by atoms with Crippen LogP contribution in [0.5, 0.6) is 5.75 Å². The van der Waals surface area contributed by atoms with Crippen molar-refractivity contribution in [2.45, 2.75) is 6.42 Å². The first-order chi connectivity index (χ1) is 7.38. The van der Waals surface area contributed by atoms with Crippen molar-refractivity contribution in [1.29, 1.82) is 5.26 Å². The number of nitrogens with zero attached hydrogens (tertiary/aromatic N) is 1. The lowest BCUT2D eigenvalue weighted by Crippen LogP contribution is -2.11. The van der Waals surface area contributed by atoms with Crippen LogP contribution in [0.2, 0.25) is 0 Å². The van der Waals surface area contributed by atoms with Gasteiger partial charge in [0, 0.05) is 12.5 Å². The van der Waals surface area contributed by atoms with Crippen LogP contribution in [0.1, 0.15) is 12.0 Å². The second kappa shape index (κ2) is 4.81. The number of rotatable bonds is 3. The van der Waals surface area contributed by atoms with E-state index in [9.17, 15) is 0 Å². The van der Waals surface area contributed by atoms with Crippen LogP contribution in [0.3, 0.4) is 0 Å². The van der Waals surface area contributed by atoms with E-state index in [4.69, 9.17) is 14.7 Å². The summed E-state index contributed by atoms with van der Waals surface area (Å²) >= 11 is 0. The number of nitriles is 1. The maximum atomic E-state index is 8.62. The van der Waals surface area contributed by atoms with Gasteiger partial charge in [-0.05, 0) is 30.7 Å². The Morgan fingerprint density at radius 2 is 2.20 bits per heavy atom. The Kier molecular flexibility index (Phi) is 3.21. The van der Waals surface area contributed by atoms with E-state index in [2.05, 4.69) is 6.07 Å². The maximum absolute atomic E-state index is 8.62. The Morgan fingerprint density at radius 3 is 2.80 bits per heavy atom. The van der Waals surface area contributed by atoms with Gasteiger partial charge in [-0.25, -0.2) is 0 Å². The summed E-state index contributed by atoms with van der Waals surface area (Å²) in [6.07, 6.45) is 1.08. The summed E-state index contributed by atoms with van der Waals surface area (Å²) in [4.78, 5) is 0. The van der Waals surface area contributed by atoms with Crippen molar-refractivity contribution in [3.8, 4) is 11.8 Å². The van der Waals surface area contributed by atoms with Gasteiger partial charge in [0.1, 0.15) is 5.75 Å². The molecule has 1 heterocycles. The van der Waals surface area contributed by atoms with Gasteiger partial charge < -0.3 is 9.47 Å². The van der Waals surface area contributed by atoms with E-state index in [1.54, 1.807) is 12.1 Å². The smallest absolute Gasteiger partial charge is 0.119 e. The first-order valence-corrected chi connectivity index (χ1v) is 5.09. The van der Waals surface area contributed by atoms with Crippen molar-refractivity contribution < 1.29 is 9.47 Å². The van der Waals surface area contributed by atoms with Crippen molar-refractivity contribution in [3.63, 3.8) is 0 Å². The highest BCUT2D eigenvalue weighted by atomic mass is 16.5. The van der Waals surface area contributed by atoms with Crippen molar-refractivity contribution in [2.75, 3.05) is 19.8 Å². The van der Waals surface area contributed by atoms with Crippen LogP contribution in [0.15, 0.2) is 24.3 Å². The average Bonchev–Trinajstić information content (AvgIpc) is 2.80. The minimum absolute atomic E-state index is 0.514. The fourth-order valence-electron chi connectivity index (χ4n) is 1.55. The molecule has 1 aliphatic heterocycles. The van der Waals surface area contributed by atoms with Crippen molar-refractivity contribution in [2.24, 2.45) is 5.92 Å². The zero-order valence-corrected chi connectivity index (χ0v) is 8.48. The molecule has 15 heavy (non-hydrogen) atoms. The first kappa shape index (κ1) is 10.0. The molecule has 0 aliphatic carbocycles. The molecule has 3 nitrogen and oxygen atoms in total. The Labute approximate surface area is 89.2 Å². The van der Waals surface area contributed by atoms with Gasteiger partial charge in [-0.15, -0.1) is 0 Å². The molecule has 0 radical (unpaired) electrons. The number of ether oxygens (including phenoxy) is 2. The second-order valence-electron chi connectivity index (χ2n) is 3.68. The van der Waals surface area contributed by atoms with Crippen LogP contribution in [0, 0.1) is 17.2 Å². The molecule has 0 spiro atoms. The van der Waals surface area contributed by atoms with Crippen molar-refractivity contribution in [1.82, 2.24) is 0 Å². The third-order valence-corrected chi connectivity index (χ3v) is 2.49. The van der Waals surface area contributed by atoms with E-state index < -0.39 is 0 Å². The first-order valence-electron chi connectivity index (χ1n) is 5.09. The summed E-state index contributed by atoms with van der Waals surface area (Å²) in [6, 6.07) is 9.26. The third kappa shape index (κ3) is 2.71. The van der Waals surface area contributed by atoms with E-state index in [1.807, 2.05) is 12.1 Å². The molecule has 0 N–H and O–H groups in total. The lowest BCUT2D eigenvalue weighted by atomic mass is 10.1. The molecule has 1 atom stereocenters. The number of hydrogen-bond acceptors (Lipinski definition) is 3. The Bertz CT molecular complexity index is 347. The fourth-order valence-corrected chi connectivity index (χ4v) is 1.55. The van der Waals surface area contributed by atoms with E-state index in [1.165, 1.54) is 0 Å². The molecular weight excluding hydrogens is 190 g/mol. The van der Waals surface area contributed by atoms with Gasteiger partial charge in [0.25, 0.3) is 0 Å². The number of hydrogen-bond donors (Lipinski definition) is 0. The van der Waals surface area contributed by atoms with Crippen LogP contribution in [0.25, 0.3) is 0 Å². The van der Waals surface area contributed by atoms with Gasteiger partial charge in [0.05, 0.1) is 24.8 Å². The minimum Gasteiger partial charge on any atom is -0.493 e. The molecule has 3 heteroatoms. The molecule has 1 saturated heterocycles. The highest BCUT2D eigenvalue weighted by Crippen LogP contribution is 2.16. The SMILES string of the molecule is N#Cc1ccc(OCC2CCOC2)cc1. The highest BCUT2D eigenvalue weighted by molar-refractivity contribution is 5.34.